The van der Waals surface area contributed by atoms with Crippen molar-refractivity contribution in [2.24, 2.45) is 11.3 Å². The van der Waals surface area contributed by atoms with E-state index in [1.165, 1.54) is 0 Å². The molecule has 2 rings (SSSR count). The van der Waals surface area contributed by atoms with Crippen LogP contribution >= 0.6 is 0 Å². The van der Waals surface area contributed by atoms with Crippen LogP contribution in [0.4, 0.5) is 0 Å². The lowest BCUT2D eigenvalue weighted by Crippen LogP contribution is -2.52. The first-order valence-electron chi connectivity index (χ1n) is 7.90. The summed E-state index contributed by atoms with van der Waals surface area (Å²) in [7, 11) is 0. The van der Waals surface area contributed by atoms with Crippen LogP contribution in [0.25, 0.3) is 0 Å². The zero-order valence-corrected chi connectivity index (χ0v) is 14.3. The number of carboxylic acid groups (broad SMARTS) is 1. The SMILES string of the molecule is Cc1cc(OCC2CN(C(=O)CC(C)(C)C)C2)ccc1C(=O)O. The van der Waals surface area contributed by atoms with Gasteiger partial charge in [0.15, 0.2) is 0 Å². The maximum atomic E-state index is 12.0. The largest absolute Gasteiger partial charge is 0.493 e. The fraction of sp³-hybridized carbons (Fsp3) is 0.556. The van der Waals surface area contributed by atoms with Gasteiger partial charge in [-0.1, -0.05) is 20.8 Å². The van der Waals surface area contributed by atoms with Crippen molar-refractivity contribution in [3.8, 4) is 5.75 Å². The number of aryl methyl sites for hydroxylation is 1. The number of hydrogen-bond donors (Lipinski definition) is 1. The number of rotatable bonds is 5. The molecule has 1 aromatic carbocycles. The molecule has 0 spiro atoms. The summed E-state index contributed by atoms with van der Waals surface area (Å²) in [6.07, 6.45) is 0.566. The normalized spacial score (nSPS) is 15.2. The number of carbonyl (C=O) groups excluding carboxylic acids is 1. The minimum atomic E-state index is -0.930. The van der Waals surface area contributed by atoms with Gasteiger partial charge in [-0.15, -0.1) is 0 Å². The minimum absolute atomic E-state index is 0.0160. The van der Waals surface area contributed by atoms with E-state index in [0.29, 0.717) is 35.8 Å². The summed E-state index contributed by atoms with van der Waals surface area (Å²) in [6, 6.07) is 4.98. The van der Waals surface area contributed by atoms with Gasteiger partial charge in [0.1, 0.15) is 5.75 Å². The van der Waals surface area contributed by atoms with Crippen LogP contribution in [-0.4, -0.2) is 41.6 Å². The van der Waals surface area contributed by atoms with Gasteiger partial charge in [-0.3, -0.25) is 4.79 Å². The molecule has 1 amide bonds. The summed E-state index contributed by atoms with van der Waals surface area (Å²) in [5, 5.41) is 9.01. The number of carboxylic acids is 1. The third kappa shape index (κ3) is 4.71. The molecule has 1 heterocycles. The summed E-state index contributed by atoms with van der Waals surface area (Å²) in [5.74, 6) is 0.293. The molecule has 23 heavy (non-hydrogen) atoms. The molecule has 0 radical (unpaired) electrons. The molecule has 1 aliphatic heterocycles. The smallest absolute Gasteiger partial charge is 0.335 e. The lowest BCUT2D eigenvalue weighted by molar-refractivity contribution is -0.140. The summed E-state index contributed by atoms with van der Waals surface area (Å²) in [5.41, 5.74) is 0.993. The molecule has 1 N–H and O–H groups in total. The Morgan fingerprint density at radius 1 is 1.30 bits per heavy atom. The molecule has 0 atom stereocenters. The zero-order chi connectivity index (χ0) is 17.2. The Balaban J connectivity index is 1.78. The van der Waals surface area contributed by atoms with Crippen LogP contribution in [0.1, 0.15) is 43.1 Å². The van der Waals surface area contributed by atoms with Crippen molar-refractivity contribution < 1.29 is 19.4 Å². The van der Waals surface area contributed by atoms with Gasteiger partial charge in [0.2, 0.25) is 5.91 Å². The number of aromatic carboxylic acids is 1. The number of carbonyl (C=O) groups is 2. The molecule has 1 aromatic rings. The lowest BCUT2D eigenvalue weighted by atomic mass is 9.90. The fourth-order valence-electron chi connectivity index (χ4n) is 2.62. The molecule has 0 unspecified atom stereocenters. The van der Waals surface area contributed by atoms with Crippen molar-refractivity contribution in [2.45, 2.75) is 34.1 Å². The van der Waals surface area contributed by atoms with Gasteiger partial charge in [-0.25, -0.2) is 4.79 Å². The summed E-state index contributed by atoms with van der Waals surface area (Å²) >= 11 is 0. The Bertz CT molecular complexity index is 598. The van der Waals surface area contributed by atoms with E-state index in [1.54, 1.807) is 25.1 Å². The molecular formula is C18H25NO4. The average Bonchev–Trinajstić information content (AvgIpc) is 2.34. The third-order valence-electron chi connectivity index (χ3n) is 3.91. The van der Waals surface area contributed by atoms with E-state index in [1.807, 2.05) is 4.90 Å². The molecule has 0 saturated carbocycles. The van der Waals surface area contributed by atoms with Gasteiger partial charge in [0.05, 0.1) is 12.2 Å². The molecule has 1 aliphatic rings. The third-order valence-corrected chi connectivity index (χ3v) is 3.91. The topological polar surface area (TPSA) is 66.8 Å². The van der Waals surface area contributed by atoms with E-state index in [0.717, 1.165) is 13.1 Å². The van der Waals surface area contributed by atoms with Crippen LogP contribution in [0, 0.1) is 18.3 Å². The van der Waals surface area contributed by atoms with Crippen LogP contribution in [-0.2, 0) is 4.79 Å². The number of nitrogens with zero attached hydrogens (tertiary/aromatic N) is 1. The highest BCUT2D eigenvalue weighted by Gasteiger charge is 2.32. The predicted octanol–water partition coefficient (Wildman–Crippen LogP) is 2.97. The van der Waals surface area contributed by atoms with Crippen LogP contribution in [0.2, 0.25) is 0 Å². The number of likely N-dealkylation sites (tertiary alicyclic amines) is 1. The van der Waals surface area contributed by atoms with Gasteiger partial charge < -0.3 is 14.7 Å². The van der Waals surface area contributed by atoms with Crippen molar-refractivity contribution in [1.29, 1.82) is 0 Å². The molecule has 1 saturated heterocycles. The predicted molar refractivity (Wildman–Crippen MR) is 87.8 cm³/mol. The summed E-state index contributed by atoms with van der Waals surface area (Å²) < 4.78 is 5.72. The highest BCUT2D eigenvalue weighted by atomic mass is 16.5. The van der Waals surface area contributed by atoms with Crippen LogP contribution in [0.15, 0.2) is 18.2 Å². The van der Waals surface area contributed by atoms with Crippen molar-refractivity contribution in [3.63, 3.8) is 0 Å². The number of ether oxygens (including phenoxy) is 1. The fourth-order valence-corrected chi connectivity index (χ4v) is 2.62. The van der Waals surface area contributed by atoms with Gasteiger partial charge in [-0.2, -0.15) is 0 Å². The monoisotopic (exact) mass is 319 g/mol. The van der Waals surface area contributed by atoms with Gasteiger partial charge in [0, 0.05) is 25.4 Å². The van der Waals surface area contributed by atoms with E-state index >= 15 is 0 Å². The van der Waals surface area contributed by atoms with E-state index < -0.39 is 5.97 Å². The summed E-state index contributed by atoms with van der Waals surface area (Å²) in [4.78, 5) is 24.9. The molecular weight excluding hydrogens is 294 g/mol. The van der Waals surface area contributed by atoms with Crippen molar-refractivity contribution in [2.75, 3.05) is 19.7 Å². The lowest BCUT2D eigenvalue weighted by Gasteiger charge is -2.40. The van der Waals surface area contributed by atoms with Gasteiger partial charge in [-0.05, 0) is 36.1 Å². The Morgan fingerprint density at radius 3 is 2.48 bits per heavy atom. The molecule has 5 heteroatoms. The first-order chi connectivity index (χ1) is 10.7. The first kappa shape index (κ1) is 17.3. The van der Waals surface area contributed by atoms with E-state index in [4.69, 9.17) is 9.84 Å². The van der Waals surface area contributed by atoms with Crippen LogP contribution < -0.4 is 4.74 Å². The van der Waals surface area contributed by atoms with Gasteiger partial charge in [0.25, 0.3) is 0 Å². The number of benzene rings is 1. The van der Waals surface area contributed by atoms with E-state index in [2.05, 4.69) is 20.8 Å². The maximum absolute atomic E-state index is 12.0. The maximum Gasteiger partial charge on any atom is 0.335 e. The van der Waals surface area contributed by atoms with Crippen LogP contribution in [0.5, 0.6) is 5.75 Å². The molecule has 5 nitrogen and oxygen atoms in total. The minimum Gasteiger partial charge on any atom is -0.493 e. The second kappa shape index (κ2) is 6.60. The van der Waals surface area contributed by atoms with Gasteiger partial charge >= 0.3 is 5.97 Å². The average molecular weight is 319 g/mol. The number of amides is 1. The summed E-state index contributed by atoms with van der Waals surface area (Å²) in [6.45, 7) is 9.97. The first-order valence-corrected chi connectivity index (χ1v) is 7.90. The highest BCUT2D eigenvalue weighted by molar-refractivity contribution is 5.89. The zero-order valence-electron chi connectivity index (χ0n) is 14.3. The quantitative estimate of drug-likeness (QED) is 0.906. The Kier molecular flexibility index (Phi) is 4.97. The second-order valence-corrected chi connectivity index (χ2v) is 7.50. The second-order valence-electron chi connectivity index (χ2n) is 7.50. The van der Waals surface area contributed by atoms with Crippen molar-refractivity contribution >= 4 is 11.9 Å². The molecule has 0 aromatic heterocycles. The highest BCUT2D eigenvalue weighted by Crippen LogP contribution is 2.25. The molecule has 0 aliphatic carbocycles. The Hall–Kier alpha value is -2.04. The number of hydrogen-bond acceptors (Lipinski definition) is 3. The van der Waals surface area contributed by atoms with Crippen LogP contribution in [0.3, 0.4) is 0 Å². The Labute approximate surface area is 137 Å². The van der Waals surface area contributed by atoms with Crippen molar-refractivity contribution in [1.82, 2.24) is 4.90 Å². The van der Waals surface area contributed by atoms with E-state index in [-0.39, 0.29) is 11.3 Å². The van der Waals surface area contributed by atoms with Crippen molar-refractivity contribution in [3.05, 3.63) is 29.3 Å². The molecule has 0 bridgehead atoms. The standard InChI is InChI=1S/C18H25NO4/c1-12-7-14(5-6-15(12)17(21)22)23-11-13-9-19(10-13)16(20)8-18(2,3)4/h5-7,13H,8-11H2,1-4H3,(H,21,22). The molecule has 1 fully saturated rings. The molecule has 126 valence electrons. The van der Waals surface area contributed by atoms with E-state index in [9.17, 15) is 9.59 Å². The Morgan fingerprint density at radius 2 is 1.96 bits per heavy atom.